The van der Waals surface area contributed by atoms with Gasteiger partial charge in [-0.05, 0) is 24.5 Å². The van der Waals surface area contributed by atoms with E-state index in [0.717, 1.165) is 23.1 Å². The minimum atomic E-state index is 0.0394. The highest BCUT2D eigenvalue weighted by molar-refractivity contribution is 6.32. The fourth-order valence-electron chi connectivity index (χ4n) is 2.24. The van der Waals surface area contributed by atoms with Gasteiger partial charge in [-0.25, -0.2) is 0 Å². The Balaban J connectivity index is 2.22. The van der Waals surface area contributed by atoms with Gasteiger partial charge in [0.2, 0.25) is 0 Å². The predicted octanol–water partition coefficient (Wildman–Crippen LogP) is 0.255. The Morgan fingerprint density at radius 2 is 2.14 bits per heavy atom. The van der Waals surface area contributed by atoms with Crippen molar-refractivity contribution in [2.75, 3.05) is 6.54 Å². The van der Waals surface area contributed by atoms with Gasteiger partial charge in [-0.2, -0.15) is 0 Å². The summed E-state index contributed by atoms with van der Waals surface area (Å²) < 4.78 is 0. The Morgan fingerprint density at radius 3 is 2.86 bits per heavy atom. The van der Waals surface area contributed by atoms with Crippen LogP contribution in [0.15, 0.2) is 18.2 Å². The molecule has 1 aromatic rings. The van der Waals surface area contributed by atoms with Crippen LogP contribution in [0.2, 0.25) is 0 Å². The molecule has 1 fully saturated rings. The fourth-order valence-corrected chi connectivity index (χ4v) is 2.24. The molecule has 3 rings (SSSR count). The summed E-state index contributed by atoms with van der Waals surface area (Å²) in [7, 11) is 5.74. The molecule has 1 saturated carbocycles. The summed E-state index contributed by atoms with van der Waals surface area (Å²) in [5.41, 5.74) is 2.94. The van der Waals surface area contributed by atoms with E-state index in [1.165, 1.54) is 12.8 Å². The van der Waals surface area contributed by atoms with Crippen molar-refractivity contribution in [1.82, 2.24) is 5.32 Å². The molecule has 3 heteroatoms. The molecule has 1 amide bonds. The lowest BCUT2D eigenvalue weighted by Crippen LogP contribution is -2.39. The van der Waals surface area contributed by atoms with Gasteiger partial charge in [0.15, 0.2) is 0 Å². The van der Waals surface area contributed by atoms with Crippen LogP contribution in [0.3, 0.4) is 0 Å². The standard InChI is InChI=1S/C11H10BNO/c12-7-1-2-8-9(5-7)11(3-4-11)6-13-10(8)14/h1-2,5H,3-4,6H2,(H,13,14). The van der Waals surface area contributed by atoms with Crippen molar-refractivity contribution in [3.05, 3.63) is 29.3 Å². The SMILES string of the molecule is [B]c1ccc2c(c1)C1(CC1)CNC2=O. The van der Waals surface area contributed by atoms with Crippen molar-refractivity contribution in [3.63, 3.8) is 0 Å². The van der Waals surface area contributed by atoms with Crippen molar-refractivity contribution in [3.8, 4) is 0 Å². The Labute approximate surface area is 84.1 Å². The molecule has 0 atom stereocenters. The van der Waals surface area contributed by atoms with Crippen LogP contribution in [0.25, 0.3) is 0 Å². The van der Waals surface area contributed by atoms with Crippen LogP contribution in [0.4, 0.5) is 0 Å². The predicted molar refractivity (Wildman–Crippen MR) is 55.1 cm³/mol. The lowest BCUT2D eigenvalue weighted by Gasteiger charge is -2.25. The molecule has 0 unspecified atom stereocenters. The molecule has 2 aliphatic rings. The Morgan fingerprint density at radius 1 is 1.36 bits per heavy atom. The van der Waals surface area contributed by atoms with Crippen molar-refractivity contribution < 1.29 is 4.79 Å². The molecule has 14 heavy (non-hydrogen) atoms. The molecular weight excluding hydrogens is 173 g/mol. The van der Waals surface area contributed by atoms with Gasteiger partial charge in [0, 0.05) is 17.5 Å². The summed E-state index contributed by atoms with van der Waals surface area (Å²) in [6.45, 7) is 0.780. The van der Waals surface area contributed by atoms with Crippen LogP contribution in [0.1, 0.15) is 28.8 Å². The average Bonchev–Trinajstić information content (AvgIpc) is 2.93. The lowest BCUT2D eigenvalue weighted by molar-refractivity contribution is 0.0937. The quantitative estimate of drug-likeness (QED) is 0.574. The third-order valence-electron chi connectivity index (χ3n) is 3.30. The third-order valence-corrected chi connectivity index (χ3v) is 3.30. The number of carbonyl (C=O) groups is 1. The van der Waals surface area contributed by atoms with Crippen LogP contribution in [0.5, 0.6) is 0 Å². The van der Waals surface area contributed by atoms with E-state index in [-0.39, 0.29) is 11.3 Å². The Bertz CT molecular complexity index is 423. The van der Waals surface area contributed by atoms with E-state index >= 15 is 0 Å². The second kappa shape index (κ2) is 2.41. The van der Waals surface area contributed by atoms with Gasteiger partial charge >= 0.3 is 0 Å². The van der Waals surface area contributed by atoms with Crippen LogP contribution in [-0.2, 0) is 5.41 Å². The maximum Gasteiger partial charge on any atom is 0.251 e. The van der Waals surface area contributed by atoms with Gasteiger partial charge in [0.1, 0.15) is 7.85 Å². The number of rotatable bonds is 0. The molecular formula is C11H10BNO. The van der Waals surface area contributed by atoms with Crippen LogP contribution < -0.4 is 10.8 Å². The molecule has 1 N–H and O–H groups in total. The molecule has 1 spiro atoms. The number of benzene rings is 1. The molecule has 2 radical (unpaired) electrons. The number of amides is 1. The van der Waals surface area contributed by atoms with E-state index in [1.54, 1.807) is 6.07 Å². The summed E-state index contributed by atoms with van der Waals surface area (Å²) in [6.07, 6.45) is 2.34. The highest BCUT2D eigenvalue weighted by Crippen LogP contribution is 2.50. The lowest BCUT2D eigenvalue weighted by atomic mass is 9.83. The molecule has 68 valence electrons. The van der Waals surface area contributed by atoms with Gasteiger partial charge in [-0.3, -0.25) is 4.79 Å². The van der Waals surface area contributed by atoms with Gasteiger partial charge in [-0.1, -0.05) is 17.6 Å². The van der Waals surface area contributed by atoms with E-state index in [9.17, 15) is 4.79 Å². The normalized spacial score (nSPS) is 21.6. The molecule has 1 heterocycles. The topological polar surface area (TPSA) is 29.1 Å². The molecule has 2 nitrogen and oxygen atoms in total. The highest BCUT2D eigenvalue weighted by Gasteiger charge is 2.48. The Hall–Kier alpha value is -1.25. The summed E-state index contributed by atoms with van der Waals surface area (Å²) in [5.74, 6) is 0.0394. The van der Waals surface area contributed by atoms with Gasteiger partial charge in [-0.15, -0.1) is 0 Å². The molecule has 1 aliphatic carbocycles. The average molecular weight is 183 g/mol. The maximum absolute atomic E-state index is 11.6. The van der Waals surface area contributed by atoms with E-state index in [0.29, 0.717) is 0 Å². The molecule has 0 aromatic heterocycles. The van der Waals surface area contributed by atoms with E-state index in [1.807, 2.05) is 12.1 Å². The van der Waals surface area contributed by atoms with E-state index in [4.69, 9.17) is 7.85 Å². The van der Waals surface area contributed by atoms with Gasteiger partial charge in [0.25, 0.3) is 5.91 Å². The van der Waals surface area contributed by atoms with E-state index in [2.05, 4.69) is 5.32 Å². The van der Waals surface area contributed by atoms with Crippen LogP contribution in [-0.4, -0.2) is 20.3 Å². The second-order valence-corrected chi connectivity index (χ2v) is 4.27. The first-order chi connectivity index (χ1) is 6.71. The minimum Gasteiger partial charge on any atom is -0.351 e. The zero-order valence-corrected chi connectivity index (χ0v) is 7.84. The van der Waals surface area contributed by atoms with Crippen LogP contribution in [0, 0.1) is 0 Å². The molecule has 0 bridgehead atoms. The molecule has 1 aromatic carbocycles. The van der Waals surface area contributed by atoms with Crippen molar-refractivity contribution in [2.24, 2.45) is 0 Å². The summed E-state index contributed by atoms with van der Waals surface area (Å²) in [5, 5.41) is 2.93. The van der Waals surface area contributed by atoms with Crippen molar-refractivity contribution in [1.29, 1.82) is 0 Å². The van der Waals surface area contributed by atoms with Gasteiger partial charge < -0.3 is 5.32 Å². The number of nitrogens with one attached hydrogen (secondary N) is 1. The first-order valence-electron chi connectivity index (χ1n) is 4.90. The van der Waals surface area contributed by atoms with E-state index < -0.39 is 0 Å². The number of fused-ring (bicyclic) bond motifs is 2. The van der Waals surface area contributed by atoms with Crippen molar-refractivity contribution in [2.45, 2.75) is 18.3 Å². The number of hydrogen-bond donors (Lipinski definition) is 1. The first kappa shape index (κ1) is 8.10. The zero-order valence-electron chi connectivity index (χ0n) is 7.84. The molecule has 0 saturated heterocycles. The maximum atomic E-state index is 11.6. The first-order valence-corrected chi connectivity index (χ1v) is 4.90. The smallest absolute Gasteiger partial charge is 0.251 e. The number of carbonyl (C=O) groups excluding carboxylic acids is 1. The summed E-state index contributed by atoms with van der Waals surface area (Å²) in [4.78, 5) is 11.6. The minimum absolute atomic E-state index is 0.0394. The van der Waals surface area contributed by atoms with Crippen molar-refractivity contribution >= 4 is 19.2 Å². The zero-order chi connectivity index (χ0) is 9.76. The fraction of sp³-hybridized carbons (Fsp3) is 0.364. The second-order valence-electron chi connectivity index (χ2n) is 4.27. The molecule has 1 aliphatic heterocycles. The summed E-state index contributed by atoms with van der Waals surface area (Å²) in [6, 6.07) is 5.58. The Kier molecular flexibility index (Phi) is 1.39. The third kappa shape index (κ3) is 0.954. The van der Waals surface area contributed by atoms with Gasteiger partial charge in [0.05, 0.1) is 0 Å². The largest absolute Gasteiger partial charge is 0.351 e. The summed E-state index contributed by atoms with van der Waals surface area (Å²) >= 11 is 0. The van der Waals surface area contributed by atoms with Crippen LogP contribution >= 0.6 is 0 Å². The highest BCUT2D eigenvalue weighted by atomic mass is 16.1. The number of hydrogen-bond acceptors (Lipinski definition) is 1. The monoisotopic (exact) mass is 183 g/mol.